The number of hydrogen-bond donors (Lipinski definition) is 1. The number of likely N-dealkylation sites (N-methyl/N-ethyl adjacent to an activating group) is 1. The first-order valence-corrected chi connectivity index (χ1v) is 5.95. The van der Waals surface area contributed by atoms with E-state index in [4.69, 9.17) is 10.4 Å². The van der Waals surface area contributed by atoms with Gasteiger partial charge in [-0.1, -0.05) is 22.9 Å². The smallest absolute Gasteiger partial charge is 0.326 e. The van der Waals surface area contributed by atoms with Gasteiger partial charge in [-0.2, -0.15) is 5.26 Å². The number of carboxylic acid groups (broad SMARTS) is 1. The molecule has 0 bridgehead atoms. The number of anilines is 1. The Morgan fingerprint density at radius 1 is 1.65 bits per heavy atom. The van der Waals surface area contributed by atoms with E-state index in [9.17, 15) is 4.79 Å². The van der Waals surface area contributed by atoms with Crippen LogP contribution < -0.4 is 4.90 Å². The highest BCUT2D eigenvalue weighted by atomic mass is 79.9. The standard InChI is InChI=1S/C12H13BrN2O2/c1-3-10(12(16)17)15(2)11-6-9(13)5-4-8(11)7-14/h4-6,10H,3H2,1-2H3,(H,16,17). The topological polar surface area (TPSA) is 64.3 Å². The van der Waals surface area contributed by atoms with Crippen LogP contribution in [-0.4, -0.2) is 24.2 Å². The van der Waals surface area contributed by atoms with Gasteiger partial charge in [-0.05, 0) is 24.6 Å². The van der Waals surface area contributed by atoms with E-state index < -0.39 is 12.0 Å². The van der Waals surface area contributed by atoms with Crippen molar-refractivity contribution in [3.05, 3.63) is 28.2 Å². The number of halogens is 1. The molecule has 0 aliphatic heterocycles. The molecule has 0 saturated heterocycles. The minimum Gasteiger partial charge on any atom is -0.480 e. The van der Waals surface area contributed by atoms with Crippen LogP contribution in [0.15, 0.2) is 22.7 Å². The lowest BCUT2D eigenvalue weighted by atomic mass is 10.1. The fraction of sp³-hybridized carbons (Fsp3) is 0.333. The van der Waals surface area contributed by atoms with Gasteiger partial charge in [-0.15, -0.1) is 0 Å². The molecule has 1 unspecified atom stereocenters. The van der Waals surface area contributed by atoms with Crippen LogP contribution in [0.2, 0.25) is 0 Å². The lowest BCUT2D eigenvalue weighted by Crippen LogP contribution is -2.38. The molecule has 0 amide bonds. The second-order valence-corrected chi connectivity index (χ2v) is 4.56. The molecule has 5 heteroatoms. The maximum Gasteiger partial charge on any atom is 0.326 e. The third kappa shape index (κ3) is 2.98. The Balaban J connectivity index is 3.19. The number of nitriles is 1. The van der Waals surface area contributed by atoms with Gasteiger partial charge in [0.2, 0.25) is 0 Å². The molecule has 4 nitrogen and oxygen atoms in total. The van der Waals surface area contributed by atoms with Crippen molar-refractivity contribution >= 4 is 27.6 Å². The van der Waals surface area contributed by atoms with Crippen molar-refractivity contribution in [3.63, 3.8) is 0 Å². The summed E-state index contributed by atoms with van der Waals surface area (Å²) < 4.78 is 0.818. The normalized spacial score (nSPS) is 11.6. The third-order valence-electron chi connectivity index (χ3n) is 2.60. The number of hydrogen-bond acceptors (Lipinski definition) is 3. The summed E-state index contributed by atoms with van der Waals surface area (Å²) in [6, 6.07) is 6.62. The Kier molecular flexibility index (Phi) is 4.53. The average Bonchev–Trinajstić information content (AvgIpc) is 2.29. The molecule has 90 valence electrons. The van der Waals surface area contributed by atoms with Crippen LogP contribution >= 0.6 is 15.9 Å². The SMILES string of the molecule is CCC(C(=O)O)N(C)c1cc(Br)ccc1C#N. The molecule has 1 aromatic carbocycles. The van der Waals surface area contributed by atoms with E-state index in [1.807, 2.05) is 0 Å². The summed E-state index contributed by atoms with van der Waals surface area (Å²) in [4.78, 5) is 12.7. The van der Waals surface area contributed by atoms with Crippen molar-refractivity contribution in [3.8, 4) is 6.07 Å². The zero-order valence-corrected chi connectivity index (χ0v) is 11.2. The molecule has 0 saturated carbocycles. The summed E-state index contributed by atoms with van der Waals surface area (Å²) in [5.74, 6) is -0.890. The van der Waals surface area contributed by atoms with Crippen LogP contribution in [0.1, 0.15) is 18.9 Å². The molecule has 1 rings (SSSR count). The zero-order chi connectivity index (χ0) is 13.0. The van der Waals surface area contributed by atoms with Crippen molar-refractivity contribution in [1.29, 1.82) is 5.26 Å². The number of benzene rings is 1. The monoisotopic (exact) mass is 296 g/mol. The summed E-state index contributed by atoms with van der Waals surface area (Å²) in [6.45, 7) is 1.80. The number of rotatable bonds is 4. The van der Waals surface area contributed by atoms with Crippen molar-refractivity contribution in [2.75, 3.05) is 11.9 Å². The number of aliphatic carboxylic acids is 1. The lowest BCUT2D eigenvalue weighted by molar-refractivity contribution is -0.138. The molecule has 0 fully saturated rings. The van der Waals surface area contributed by atoms with E-state index in [1.54, 1.807) is 37.1 Å². The van der Waals surface area contributed by atoms with Crippen LogP contribution in [-0.2, 0) is 4.79 Å². The first-order chi connectivity index (χ1) is 8.01. The average molecular weight is 297 g/mol. The van der Waals surface area contributed by atoms with Gasteiger partial charge in [0.1, 0.15) is 12.1 Å². The lowest BCUT2D eigenvalue weighted by Gasteiger charge is -2.26. The summed E-state index contributed by atoms with van der Waals surface area (Å²) >= 11 is 3.32. The van der Waals surface area contributed by atoms with E-state index in [0.29, 0.717) is 17.7 Å². The molecule has 0 aliphatic carbocycles. The Labute approximate surface area is 109 Å². The highest BCUT2D eigenvalue weighted by Crippen LogP contribution is 2.26. The fourth-order valence-electron chi connectivity index (χ4n) is 1.67. The minimum absolute atomic E-state index is 0.468. The number of nitrogens with zero attached hydrogens (tertiary/aromatic N) is 2. The number of carbonyl (C=O) groups is 1. The predicted molar refractivity (Wildman–Crippen MR) is 69.0 cm³/mol. The molecule has 1 aromatic rings. The molecule has 1 N–H and O–H groups in total. The van der Waals surface area contributed by atoms with Crippen LogP contribution in [0.4, 0.5) is 5.69 Å². The predicted octanol–water partition coefficient (Wildman–Crippen LogP) is 2.62. The van der Waals surface area contributed by atoms with E-state index >= 15 is 0 Å². The second-order valence-electron chi connectivity index (χ2n) is 3.65. The quantitative estimate of drug-likeness (QED) is 0.928. The van der Waals surface area contributed by atoms with E-state index in [0.717, 1.165) is 4.47 Å². The molecular formula is C12H13BrN2O2. The van der Waals surface area contributed by atoms with Crippen LogP contribution in [0.25, 0.3) is 0 Å². The van der Waals surface area contributed by atoms with Gasteiger partial charge in [0.15, 0.2) is 0 Å². The molecule has 17 heavy (non-hydrogen) atoms. The largest absolute Gasteiger partial charge is 0.480 e. The minimum atomic E-state index is -0.890. The molecule has 0 heterocycles. The summed E-state index contributed by atoms with van der Waals surface area (Å²) in [7, 11) is 1.69. The van der Waals surface area contributed by atoms with Crippen LogP contribution in [0, 0.1) is 11.3 Å². The third-order valence-corrected chi connectivity index (χ3v) is 3.09. The molecule has 0 radical (unpaired) electrons. The maximum atomic E-state index is 11.1. The van der Waals surface area contributed by atoms with Gasteiger partial charge in [-0.3, -0.25) is 0 Å². The van der Waals surface area contributed by atoms with Crippen LogP contribution in [0.3, 0.4) is 0 Å². The van der Waals surface area contributed by atoms with E-state index in [2.05, 4.69) is 22.0 Å². The van der Waals surface area contributed by atoms with Gasteiger partial charge in [-0.25, -0.2) is 4.79 Å². The Morgan fingerprint density at radius 2 is 2.29 bits per heavy atom. The molecule has 0 aliphatic rings. The Hall–Kier alpha value is -1.54. The second kappa shape index (κ2) is 5.69. The van der Waals surface area contributed by atoms with Gasteiger partial charge >= 0.3 is 5.97 Å². The first kappa shape index (κ1) is 13.5. The van der Waals surface area contributed by atoms with Crippen LogP contribution in [0.5, 0.6) is 0 Å². The molecule has 0 aromatic heterocycles. The number of carboxylic acids is 1. The van der Waals surface area contributed by atoms with E-state index in [-0.39, 0.29) is 0 Å². The van der Waals surface area contributed by atoms with Gasteiger partial charge < -0.3 is 10.0 Å². The summed E-state index contributed by atoms with van der Waals surface area (Å²) in [6.07, 6.45) is 0.475. The van der Waals surface area contributed by atoms with Gasteiger partial charge in [0.25, 0.3) is 0 Å². The van der Waals surface area contributed by atoms with Crippen molar-refractivity contribution in [2.24, 2.45) is 0 Å². The Morgan fingerprint density at radius 3 is 2.76 bits per heavy atom. The Bertz CT molecular complexity index is 468. The maximum absolute atomic E-state index is 11.1. The molecule has 0 spiro atoms. The van der Waals surface area contributed by atoms with E-state index in [1.165, 1.54) is 0 Å². The molecular weight excluding hydrogens is 284 g/mol. The molecule has 1 atom stereocenters. The van der Waals surface area contributed by atoms with Crippen molar-refractivity contribution in [2.45, 2.75) is 19.4 Å². The fourth-order valence-corrected chi connectivity index (χ4v) is 2.02. The van der Waals surface area contributed by atoms with Crippen molar-refractivity contribution < 1.29 is 9.90 Å². The van der Waals surface area contributed by atoms with Gasteiger partial charge in [0, 0.05) is 11.5 Å². The first-order valence-electron chi connectivity index (χ1n) is 5.16. The highest BCUT2D eigenvalue weighted by molar-refractivity contribution is 9.10. The summed E-state index contributed by atoms with van der Waals surface area (Å²) in [5, 5.41) is 18.1. The highest BCUT2D eigenvalue weighted by Gasteiger charge is 2.22. The van der Waals surface area contributed by atoms with Gasteiger partial charge in [0.05, 0.1) is 11.3 Å². The summed E-state index contributed by atoms with van der Waals surface area (Å²) in [5.41, 5.74) is 1.09. The zero-order valence-electron chi connectivity index (χ0n) is 9.64. The van der Waals surface area contributed by atoms with Crippen molar-refractivity contribution in [1.82, 2.24) is 0 Å².